The van der Waals surface area contributed by atoms with E-state index in [2.05, 4.69) is 4.98 Å². The number of methoxy groups -OCH3 is 1. The number of hydrogen-bond acceptors (Lipinski definition) is 5. The third-order valence-electron chi connectivity index (χ3n) is 3.88. The van der Waals surface area contributed by atoms with Crippen molar-refractivity contribution in [2.24, 2.45) is 0 Å². The second kappa shape index (κ2) is 5.71. The maximum absolute atomic E-state index is 12.8. The zero-order valence-corrected chi connectivity index (χ0v) is 13.9. The van der Waals surface area contributed by atoms with Crippen molar-refractivity contribution in [3.63, 3.8) is 0 Å². The zero-order valence-electron chi connectivity index (χ0n) is 13.1. The highest BCUT2D eigenvalue weighted by Crippen LogP contribution is 2.18. The topological polar surface area (TPSA) is 80.9 Å². The van der Waals surface area contributed by atoms with Gasteiger partial charge in [0.25, 0.3) is 5.56 Å². The molecule has 0 spiro atoms. The van der Waals surface area contributed by atoms with Crippen LogP contribution in [0.5, 0.6) is 5.75 Å². The molecule has 0 aliphatic carbocycles. The molecule has 0 unspecified atom stereocenters. The number of imidazole rings is 1. The van der Waals surface area contributed by atoms with Crippen LogP contribution < -0.4 is 14.8 Å². The van der Waals surface area contributed by atoms with Gasteiger partial charge in [-0.05, 0) is 42.0 Å². The van der Waals surface area contributed by atoms with E-state index >= 15 is 0 Å². The molecule has 0 fully saturated rings. The van der Waals surface area contributed by atoms with Crippen molar-refractivity contribution in [1.29, 1.82) is 0 Å². The van der Waals surface area contributed by atoms with Crippen LogP contribution in [0.25, 0.3) is 22.1 Å². The third kappa shape index (κ3) is 2.54. The van der Waals surface area contributed by atoms with E-state index in [0.29, 0.717) is 26.3 Å². The monoisotopic (exact) mass is 352 g/mol. The van der Waals surface area contributed by atoms with E-state index in [-0.39, 0.29) is 11.1 Å². The quantitative estimate of drug-likeness (QED) is 0.611. The van der Waals surface area contributed by atoms with Gasteiger partial charge < -0.3 is 9.84 Å². The van der Waals surface area contributed by atoms with Gasteiger partial charge in [0, 0.05) is 0 Å². The van der Waals surface area contributed by atoms with E-state index in [1.165, 1.54) is 27.9 Å². The lowest BCUT2D eigenvalue weighted by Gasteiger charge is -1.99. The van der Waals surface area contributed by atoms with Crippen LogP contribution in [0.3, 0.4) is 0 Å². The number of rotatable bonds is 3. The van der Waals surface area contributed by atoms with Gasteiger partial charge in [-0.2, -0.15) is 0 Å². The number of aromatic carboxylic acids is 1. The Kier molecular flexibility index (Phi) is 3.51. The second-order valence-corrected chi connectivity index (χ2v) is 6.44. The van der Waals surface area contributed by atoms with Crippen molar-refractivity contribution in [2.75, 3.05) is 7.11 Å². The molecule has 4 rings (SSSR count). The number of carboxylic acid groups (broad SMARTS) is 1. The fourth-order valence-electron chi connectivity index (χ4n) is 2.68. The molecule has 124 valence electrons. The van der Waals surface area contributed by atoms with E-state index < -0.39 is 5.97 Å². The molecular weight excluding hydrogens is 340 g/mol. The summed E-state index contributed by atoms with van der Waals surface area (Å²) >= 11 is 1.27. The third-order valence-corrected chi connectivity index (χ3v) is 4.85. The fourth-order valence-corrected chi connectivity index (χ4v) is 3.66. The molecule has 1 N–H and O–H groups in total. The van der Waals surface area contributed by atoms with Crippen molar-refractivity contribution in [1.82, 2.24) is 9.38 Å². The van der Waals surface area contributed by atoms with Crippen LogP contribution >= 0.6 is 11.3 Å². The number of benzene rings is 2. The molecule has 0 amide bonds. The van der Waals surface area contributed by atoms with Crippen molar-refractivity contribution >= 4 is 39.4 Å². The average Bonchev–Trinajstić information content (AvgIpc) is 3.11. The lowest BCUT2D eigenvalue weighted by Crippen LogP contribution is -2.22. The number of nitrogens with zero attached hydrogens (tertiary/aromatic N) is 2. The molecule has 0 saturated heterocycles. The summed E-state index contributed by atoms with van der Waals surface area (Å²) in [5.74, 6) is -0.332. The summed E-state index contributed by atoms with van der Waals surface area (Å²) in [7, 11) is 1.59. The van der Waals surface area contributed by atoms with E-state index in [4.69, 9.17) is 9.84 Å². The molecule has 0 aliphatic heterocycles. The normalized spacial score (nSPS) is 12.1. The van der Waals surface area contributed by atoms with E-state index in [1.807, 2.05) is 24.3 Å². The summed E-state index contributed by atoms with van der Waals surface area (Å²) < 4.78 is 7.18. The maximum Gasteiger partial charge on any atom is 0.335 e. The Bertz CT molecular complexity index is 1240. The summed E-state index contributed by atoms with van der Waals surface area (Å²) in [6, 6.07) is 12.0. The molecule has 0 aliphatic rings. The SMILES string of the molecule is COc1cccc(/C=c2\sc3nc4ccc(C(=O)O)cc4n3c2=O)c1. The van der Waals surface area contributed by atoms with Crippen LogP contribution in [0.2, 0.25) is 0 Å². The minimum Gasteiger partial charge on any atom is -0.497 e. The Morgan fingerprint density at radius 3 is 2.88 bits per heavy atom. The second-order valence-electron chi connectivity index (χ2n) is 5.43. The number of ether oxygens (including phenoxy) is 1. The fraction of sp³-hybridized carbons (Fsp3) is 0.0556. The van der Waals surface area contributed by atoms with Crippen molar-refractivity contribution in [2.45, 2.75) is 0 Å². The molecule has 2 aromatic heterocycles. The molecule has 0 saturated carbocycles. The molecule has 0 radical (unpaired) electrons. The maximum atomic E-state index is 12.8. The number of fused-ring (bicyclic) bond motifs is 3. The Hall–Kier alpha value is -3.19. The van der Waals surface area contributed by atoms with Gasteiger partial charge in [-0.25, -0.2) is 14.2 Å². The van der Waals surface area contributed by atoms with Crippen LogP contribution in [0.1, 0.15) is 15.9 Å². The smallest absolute Gasteiger partial charge is 0.335 e. The number of carboxylic acids is 1. The van der Waals surface area contributed by atoms with Gasteiger partial charge >= 0.3 is 5.97 Å². The molecular formula is C18H12N2O4S. The lowest BCUT2D eigenvalue weighted by atomic mass is 10.2. The van der Waals surface area contributed by atoms with E-state index in [1.54, 1.807) is 19.3 Å². The van der Waals surface area contributed by atoms with E-state index in [9.17, 15) is 9.59 Å². The minimum absolute atomic E-state index is 0.123. The standard InChI is InChI=1S/C18H12N2O4S/c1-24-12-4-2-3-10(7-12)8-15-16(21)20-14-9-11(17(22)23)5-6-13(14)19-18(20)25-15/h2-9H,1H3,(H,22,23)/b15-8-. The van der Waals surface area contributed by atoms with Crippen LogP contribution in [-0.4, -0.2) is 27.6 Å². The largest absolute Gasteiger partial charge is 0.497 e. The van der Waals surface area contributed by atoms with Gasteiger partial charge in [-0.1, -0.05) is 23.5 Å². The van der Waals surface area contributed by atoms with E-state index in [0.717, 1.165) is 5.56 Å². The van der Waals surface area contributed by atoms with Gasteiger partial charge in [0.05, 0.1) is 28.2 Å². The summed E-state index contributed by atoms with van der Waals surface area (Å²) in [6.07, 6.45) is 1.77. The molecule has 0 atom stereocenters. The number of thiazole rings is 1. The zero-order chi connectivity index (χ0) is 17.6. The summed E-state index contributed by atoms with van der Waals surface area (Å²) in [5, 5.41) is 9.15. The lowest BCUT2D eigenvalue weighted by molar-refractivity contribution is 0.0697. The van der Waals surface area contributed by atoms with Crippen molar-refractivity contribution < 1.29 is 14.6 Å². The number of aromatic nitrogens is 2. The first-order chi connectivity index (χ1) is 12.1. The number of carbonyl (C=O) groups is 1. The Labute approximate surface area is 145 Å². The average molecular weight is 352 g/mol. The van der Waals surface area contributed by atoms with Crippen molar-refractivity contribution in [3.8, 4) is 5.75 Å². The van der Waals surface area contributed by atoms with Crippen molar-refractivity contribution in [3.05, 3.63) is 68.5 Å². The predicted molar refractivity (Wildman–Crippen MR) is 95.6 cm³/mol. The molecule has 6 nitrogen and oxygen atoms in total. The molecule has 0 bridgehead atoms. The van der Waals surface area contributed by atoms with Gasteiger partial charge in [0.15, 0.2) is 4.96 Å². The highest BCUT2D eigenvalue weighted by atomic mass is 32.1. The molecule has 2 heterocycles. The van der Waals surface area contributed by atoms with Crippen LogP contribution in [-0.2, 0) is 0 Å². The summed E-state index contributed by atoms with van der Waals surface area (Å²) in [4.78, 5) is 28.9. The molecule has 4 aromatic rings. The number of hydrogen-bond donors (Lipinski definition) is 1. The molecule has 25 heavy (non-hydrogen) atoms. The first-order valence-corrected chi connectivity index (χ1v) is 8.22. The minimum atomic E-state index is -1.04. The van der Waals surface area contributed by atoms with Crippen LogP contribution in [0.15, 0.2) is 47.3 Å². The van der Waals surface area contributed by atoms with Crippen LogP contribution in [0, 0.1) is 0 Å². The Balaban J connectivity index is 1.96. The Morgan fingerprint density at radius 2 is 2.12 bits per heavy atom. The molecule has 7 heteroatoms. The van der Waals surface area contributed by atoms with Gasteiger partial charge in [-0.15, -0.1) is 0 Å². The highest BCUT2D eigenvalue weighted by molar-refractivity contribution is 7.15. The summed E-state index contributed by atoms with van der Waals surface area (Å²) in [6.45, 7) is 0. The van der Waals surface area contributed by atoms with Crippen LogP contribution in [0.4, 0.5) is 0 Å². The highest BCUT2D eigenvalue weighted by Gasteiger charge is 2.13. The Morgan fingerprint density at radius 1 is 1.28 bits per heavy atom. The summed E-state index contributed by atoms with van der Waals surface area (Å²) in [5.41, 5.74) is 1.85. The molecule has 2 aromatic carbocycles. The van der Waals surface area contributed by atoms with Gasteiger partial charge in [-0.3, -0.25) is 4.79 Å². The first kappa shape index (κ1) is 15.3. The van der Waals surface area contributed by atoms with Gasteiger partial charge in [0.1, 0.15) is 5.75 Å². The van der Waals surface area contributed by atoms with Gasteiger partial charge in [0.2, 0.25) is 0 Å². The first-order valence-electron chi connectivity index (χ1n) is 7.41. The predicted octanol–water partition coefficient (Wildman–Crippen LogP) is 2.16.